The Hall–Kier alpha value is -3.65. The van der Waals surface area contributed by atoms with Crippen molar-refractivity contribution in [1.82, 2.24) is 4.98 Å². The number of nitrogens with one attached hydrogen (secondary N) is 1. The van der Waals surface area contributed by atoms with E-state index in [2.05, 4.69) is 21.6 Å². The van der Waals surface area contributed by atoms with Crippen molar-refractivity contribution < 1.29 is 4.74 Å². The largest absolute Gasteiger partial charge is 0.438 e. The second-order valence-corrected chi connectivity index (χ2v) is 4.88. The number of benzene rings is 2. The van der Waals surface area contributed by atoms with Crippen LogP contribution in [0.5, 0.6) is 11.6 Å². The molecule has 5 heteroatoms. The third-order valence-electron chi connectivity index (χ3n) is 3.17. The molecule has 0 bridgehead atoms. The van der Waals surface area contributed by atoms with Crippen LogP contribution in [0.15, 0.2) is 78.0 Å². The Kier molecular flexibility index (Phi) is 4.81. The lowest BCUT2D eigenvalue weighted by Gasteiger charge is -2.05. The third-order valence-corrected chi connectivity index (χ3v) is 3.17. The summed E-state index contributed by atoms with van der Waals surface area (Å²) in [6.45, 7) is 0. The van der Waals surface area contributed by atoms with E-state index in [1.165, 1.54) is 0 Å². The molecule has 1 N–H and O–H groups in total. The topological polar surface area (TPSA) is 70.3 Å². The van der Waals surface area contributed by atoms with Crippen LogP contribution in [-0.2, 0) is 0 Å². The molecule has 0 atom stereocenters. The van der Waals surface area contributed by atoms with E-state index in [-0.39, 0.29) is 0 Å². The van der Waals surface area contributed by atoms with E-state index in [0.717, 1.165) is 11.3 Å². The molecule has 3 rings (SSSR count). The molecule has 116 valence electrons. The Morgan fingerprint density at radius 1 is 1.00 bits per heavy atom. The van der Waals surface area contributed by atoms with Gasteiger partial charge < -0.3 is 4.74 Å². The summed E-state index contributed by atoms with van der Waals surface area (Å²) in [6.07, 6.45) is 3.31. The van der Waals surface area contributed by atoms with E-state index >= 15 is 0 Å². The zero-order chi connectivity index (χ0) is 16.6. The van der Waals surface area contributed by atoms with Crippen LogP contribution < -0.4 is 10.2 Å². The summed E-state index contributed by atoms with van der Waals surface area (Å²) < 4.78 is 5.64. The van der Waals surface area contributed by atoms with Gasteiger partial charge in [-0.25, -0.2) is 4.98 Å². The first-order valence-electron chi connectivity index (χ1n) is 7.32. The van der Waals surface area contributed by atoms with Crippen LogP contribution in [0.1, 0.15) is 11.1 Å². The van der Waals surface area contributed by atoms with Crippen LogP contribution in [0.25, 0.3) is 0 Å². The van der Waals surface area contributed by atoms with E-state index in [1.54, 1.807) is 36.7 Å². The lowest BCUT2D eigenvalue weighted by atomic mass is 10.2. The number of nitrogens with zero attached hydrogens (tertiary/aromatic N) is 3. The van der Waals surface area contributed by atoms with Gasteiger partial charge in [-0.05, 0) is 54.1 Å². The van der Waals surface area contributed by atoms with Crippen molar-refractivity contribution in [3.05, 3.63) is 84.1 Å². The number of ether oxygens (including phenoxy) is 1. The number of rotatable bonds is 5. The van der Waals surface area contributed by atoms with E-state index in [9.17, 15) is 0 Å². The Bertz CT molecular complexity index is 868. The van der Waals surface area contributed by atoms with Crippen LogP contribution in [-0.4, -0.2) is 11.2 Å². The summed E-state index contributed by atoms with van der Waals surface area (Å²) in [7, 11) is 0. The zero-order valence-corrected chi connectivity index (χ0v) is 12.8. The minimum atomic E-state index is 0.298. The van der Waals surface area contributed by atoms with Gasteiger partial charge in [-0.15, -0.1) is 0 Å². The lowest BCUT2D eigenvalue weighted by Crippen LogP contribution is -1.92. The van der Waals surface area contributed by atoms with Gasteiger partial charge >= 0.3 is 0 Å². The van der Waals surface area contributed by atoms with Crippen molar-refractivity contribution >= 4 is 11.9 Å². The van der Waals surface area contributed by atoms with E-state index in [0.29, 0.717) is 17.2 Å². The maximum Gasteiger partial charge on any atom is 0.237 e. The van der Waals surface area contributed by atoms with Gasteiger partial charge in [-0.3, -0.25) is 5.43 Å². The first-order chi connectivity index (χ1) is 11.8. The third kappa shape index (κ3) is 3.96. The van der Waals surface area contributed by atoms with Crippen LogP contribution in [0.4, 0.5) is 5.69 Å². The molecule has 0 amide bonds. The van der Waals surface area contributed by atoms with Crippen molar-refractivity contribution in [2.75, 3.05) is 5.43 Å². The standard InChI is InChI=1S/C19H14N4O/c20-13-16-5-4-12-21-19(16)24-18-10-8-15(9-11-18)14-22-23-17-6-2-1-3-7-17/h1-12,14,23H. The van der Waals surface area contributed by atoms with Gasteiger partial charge in [0.25, 0.3) is 0 Å². The molecule has 0 spiro atoms. The first kappa shape index (κ1) is 15.3. The molecule has 5 nitrogen and oxygen atoms in total. The number of hydrazone groups is 1. The minimum absolute atomic E-state index is 0.298. The SMILES string of the molecule is N#Cc1cccnc1Oc1ccc(C=NNc2ccccc2)cc1. The maximum absolute atomic E-state index is 9.04. The minimum Gasteiger partial charge on any atom is -0.438 e. The van der Waals surface area contributed by atoms with Gasteiger partial charge in [0, 0.05) is 6.20 Å². The van der Waals surface area contributed by atoms with Crippen molar-refractivity contribution in [2.45, 2.75) is 0 Å². The quantitative estimate of drug-likeness (QED) is 0.566. The normalized spacial score (nSPS) is 10.3. The summed E-state index contributed by atoms with van der Waals surface area (Å²) >= 11 is 0. The van der Waals surface area contributed by atoms with Gasteiger partial charge in [0.2, 0.25) is 5.88 Å². The highest BCUT2D eigenvalue weighted by molar-refractivity contribution is 5.80. The number of hydrogen-bond donors (Lipinski definition) is 1. The highest BCUT2D eigenvalue weighted by atomic mass is 16.5. The fourth-order valence-electron chi connectivity index (χ4n) is 1.98. The van der Waals surface area contributed by atoms with Crippen LogP contribution in [0, 0.1) is 11.3 Å². The van der Waals surface area contributed by atoms with Gasteiger partial charge in [-0.2, -0.15) is 10.4 Å². The van der Waals surface area contributed by atoms with Gasteiger partial charge in [0.05, 0.1) is 11.9 Å². The maximum atomic E-state index is 9.04. The predicted molar refractivity (Wildman–Crippen MR) is 93.1 cm³/mol. The molecule has 0 aliphatic carbocycles. The van der Waals surface area contributed by atoms with Crippen molar-refractivity contribution in [1.29, 1.82) is 5.26 Å². The van der Waals surface area contributed by atoms with Crippen LogP contribution in [0.3, 0.4) is 0 Å². The summed E-state index contributed by atoms with van der Waals surface area (Å²) in [5.41, 5.74) is 5.20. The molecule has 24 heavy (non-hydrogen) atoms. The molecule has 0 saturated heterocycles. The highest BCUT2D eigenvalue weighted by Crippen LogP contribution is 2.22. The molecule has 0 aliphatic heterocycles. The van der Waals surface area contributed by atoms with E-state index in [4.69, 9.17) is 10.00 Å². The molecule has 0 radical (unpaired) electrons. The Balaban J connectivity index is 1.64. The average molecular weight is 314 g/mol. The Morgan fingerprint density at radius 2 is 1.79 bits per heavy atom. The molecule has 1 aromatic heterocycles. The number of para-hydroxylation sites is 1. The molecule has 0 fully saturated rings. The zero-order valence-electron chi connectivity index (χ0n) is 12.8. The Labute approximate surface area is 139 Å². The smallest absolute Gasteiger partial charge is 0.237 e. The lowest BCUT2D eigenvalue weighted by molar-refractivity contribution is 0.461. The monoisotopic (exact) mass is 314 g/mol. The number of anilines is 1. The van der Waals surface area contributed by atoms with Gasteiger partial charge in [0.1, 0.15) is 17.4 Å². The summed E-state index contributed by atoms with van der Waals surface area (Å²) in [5, 5.41) is 13.2. The molecular weight excluding hydrogens is 300 g/mol. The fourth-order valence-corrected chi connectivity index (χ4v) is 1.98. The van der Waals surface area contributed by atoms with Crippen molar-refractivity contribution in [3.8, 4) is 17.7 Å². The predicted octanol–water partition coefficient (Wildman–Crippen LogP) is 4.19. The molecule has 0 unspecified atom stereocenters. The van der Waals surface area contributed by atoms with Gasteiger partial charge in [-0.1, -0.05) is 18.2 Å². The first-order valence-corrected chi connectivity index (χ1v) is 7.32. The summed E-state index contributed by atoms with van der Waals surface area (Å²) in [4.78, 5) is 4.07. The molecule has 3 aromatic rings. The van der Waals surface area contributed by atoms with E-state index < -0.39 is 0 Å². The van der Waals surface area contributed by atoms with Crippen LogP contribution >= 0.6 is 0 Å². The molecular formula is C19H14N4O. The number of pyridine rings is 1. The molecule has 2 aromatic carbocycles. The van der Waals surface area contributed by atoms with Crippen LogP contribution in [0.2, 0.25) is 0 Å². The average Bonchev–Trinajstić information content (AvgIpc) is 2.64. The highest BCUT2D eigenvalue weighted by Gasteiger charge is 2.04. The number of hydrogen-bond acceptors (Lipinski definition) is 5. The molecule has 0 saturated carbocycles. The number of nitriles is 1. The second kappa shape index (κ2) is 7.56. The molecule has 0 aliphatic rings. The summed E-state index contributed by atoms with van der Waals surface area (Å²) in [6, 6.07) is 22.5. The fraction of sp³-hybridized carbons (Fsp3) is 0. The van der Waals surface area contributed by atoms with Crippen molar-refractivity contribution in [3.63, 3.8) is 0 Å². The van der Waals surface area contributed by atoms with Crippen molar-refractivity contribution in [2.24, 2.45) is 5.10 Å². The Morgan fingerprint density at radius 3 is 2.54 bits per heavy atom. The summed E-state index contributed by atoms with van der Waals surface area (Å²) in [5.74, 6) is 0.908. The molecule has 1 heterocycles. The van der Waals surface area contributed by atoms with Gasteiger partial charge in [0.15, 0.2) is 0 Å². The van der Waals surface area contributed by atoms with E-state index in [1.807, 2.05) is 42.5 Å². The number of aromatic nitrogens is 1. The second-order valence-electron chi connectivity index (χ2n) is 4.88.